The highest BCUT2D eigenvalue weighted by molar-refractivity contribution is 5.90. The third-order valence-corrected chi connectivity index (χ3v) is 6.73. The van der Waals surface area contributed by atoms with Gasteiger partial charge in [0.15, 0.2) is 0 Å². The predicted octanol–water partition coefficient (Wildman–Crippen LogP) is 7.96. The second-order valence-electron chi connectivity index (χ2n) is 10.5. The number of hydrogen-bond acceptors (Lipinski definition) is 5. The van der Waals surface area contributed by atoms with Crippen LogP contribution in [0.25, 0.3) is 0 Å². The van der Waals surface area contributed by atoms with E-state index >= 15 is 0 Å². The van der Waals surface area contributed by atoms with E-state index in [-0.39, 0.29) is 24.1 Å². The maximum Gasteiger partial charge on any atom is 0.460 e. The summed E-state index contributed by atoms with van der Waals surface area (Å²) in [6.45, 7) is -2.05. The molecule has 24 heteroatoms. The first kappa shape index (κ1) is 44.4. The SMILES string of the molecule is O=C(CCCCCCC(=O)Nc1ccc(CC(=O)OCCC(F)(F)C(F)(F)C(F)(F)C(F)(F)C(F)(F)C(F)(F)C(F)(F)C(F)(F)F)cc1)NO. The van der Waals surface area contributed by atoms with Gasteiger partial charge in [0.1, 0.15) is 0 Å². The molecule has 0 fully saturated rings. The summed E-state index contributed by atoms with van der Waals surface area (Å²) in [4.78, 5) is 34.7. The molecular formula is C26H25F17N2O5. The summed E-state index contributed by atoms with van der Waals surface area (Å²) in [6.07, 6.45) is -9.47. The van der Waals surface area contributed by atoms with Crippen molar-refractivity contribution in [3.05, 3.63) is 29.8 Å². The number of nitrogens with one attached hydrogen (secondary N) is 2. The van der Waals surface area contributed by atoms with Gasteiger partial charge in [-0.1, -0.05) is 25.0 Å². The molecule has 0 aliphatic carbocycles. The molecule has 7 nitrogen and oxygen atoms in total. The number of rotatable bonds is 19. The van der Waals surface area contributed by atoms with Crippen LogP contribution in [0.3, 0.4) is 0 Å². The van der Waals surface area contributed by atoms with Gasteiger partial charge in [-0.05, 0) is 30.5 Å². The van der Waals surface area contributed by atoms with Crippen molar-refractivity contribution >= 4 is 23.5 Å². The molecule has 0 aromatic heterocycles. The molecule has 0 bridgehead atoms. The van der Waals surface area contributed by atoms with Crippen LogP contribution >= 0.6 is 0 Å². The molecule has 0 radical (unpaired) electrons. The number of alkyl halides is 17. The van der Waals surface area contributed by atoms with Crippen LogP contribution in [0.5, 0.6) is 0 Å². The molecule has 2 amide bonds. The van der Waals surface area contributed by atoms with Gasteiger partial charge in [0.2, 0.25) is 11.8 Å². The molecule has 0 unspecified atom stereocenters. The zero-order chi connectivity index (χ0) is 39.2. The number of carbonyl (C=O) groups excluding carboxylic acids is 3. The zero-order valence-electron chi connectivity index (χ0n) is 24.7. The minimum atomic E-state index is -8.73. The Kier molecular flexibility index (Phi) is 14.0. The van der Waals surface area contributed by atoms with Crippen molar-refractivity contribution < 1.29 is 99.0 Å². The number of anilines is 1. The van der Waals surface area contributed by atoms with E-state index in [4.69, 9.17) is 5.21 Å². The van der Waals surface area contributed by atoms with E-state index in [9.17, 15) is 89.0 Å². The molecule has 0 aliphatic heterocycles. The van der Waals surface area contributed by atoms with Crippen molar-refractivity contribution in [2.75, 3.05) is 11.9 Å². The number of ether oxygens (including phenoxy) is 1. The number of esters is 1. The molecule has 50 heavy (non-hydrogen) atoms. The first-order chi connectivity index (χ1) is 22.4. The normalized spacial score (nSPS) is 14.0. The van der Waals surface area contributed by atoms with Crippen LogP contribution < -0.4 is 10.8 Å². The van der Waals surface area contributed by atoms with E-state index in [2.05, 4.69) is 10.1 Å². The maximum absolute atomic E-state index is 14.0. The maximum atomic E-state index is 14.0. The monoisotopic (exact) mass is 768 g/mol. The number of hydrogen-bond donors (Lipinski definition) is 3. The highest BCUT2D eigenvalue weighted by Crippen LogP contribution is 2.64. The molecule has 1 rings (SSSR count). The number of amides is 2. The average molecular weight is 768 g/mol. The summed E-state index contributed by atoms with van der Waals surface area (Å²) in [5.74, 6) is -59.8. The number of benzene rings is 1. The topological polar surface area (TPSA) is 105 Å². The Morgan fingerprint density at radius 1 is 0.580 bits per heavy atom. The summed E-state index contributed by atoms with van der Waals surface area (Å²) in [6, 6.07) is 4.73. The van der Waals surface area contributed by atoms with Crippen LogP contribution in [0.15, 0.2) is 24.3 Å². The van der Waals surface area contributed by atoms with E-state index in [1.807, 2.05) is 0 Å². The van der Waals surface area contributed by atoms with Gasteiger partial charge in [-0.15, -0.1) is 0 Å². The summed E-state index contributed by atoms with van der Waals surface area (Å²) in [5, 5.41) is 10.8. The Bertz CT molecular complexity index is 1320. The Hall–Kier alpha value is -3.60. The van der Waals surface area contributed by atoms with Crippen molar-refractivity contribution in [1.29, 1.82) is 0 Å². The van der Waals surface area contributed by atoms with E-state index < -0.39 is 84.9 Å². The third-order valence-electron chi connectivity index (χ3n) is 6.73. The molecule has 0 spiro atoms. The Balaban J connectivity index is 2.82. The minimum absolute atomic E-state index is 0.0120. The highest BCUT2D eigenvalue weighted by Gasteiger charge is 2.95. The van der Waals surface area contributed by atoms with E-state index in [1.165, 1.54) is 17.6 Å². The molecule has 1 aromatic rings. The summed E-state index contributed by atoms with van der Waals surface area (Å²) < 4.78 is 231. The fraction of sp³-hybridized carbons (Fsp3) is 0.654. The predicted molar refractivity (Wildman–Crippen MR) is 133 cm³/mol. The van der Waals surface area contributed by atoms with Crippen molar-refractivity contribution in [1.82, 2.24) is 5.48 Å². The van der Waals surface area contributed by atoms with Gasteiger partial charge in [0, 0.05) is 18.5 Å². The zero-order valence-corrected chi connectivity index (χ0v) is 24.7. The summed E-state index contributed by atoms with van der Waals surface area (Å²) in [5.41, 5.74) is 1.62. The third kappa shape index (κ3) is 9.19. The Morgan fingerprint density at radius 2 is 1.00 bits per heavy atom. The molecule has 1 aromatic carbocycles. The van der Waals surface area contributed by atoms with Crippen LogP contribution in [-0.4, -0.2) is 77.2 Å². The highest BCUT2D eigenvalue weighted by atomic mass is 19.4. The standard InChI is InChI=1S/C26H25F17N2O5/c27-19(28,20(29,30)21(31,32)22(33,34)23(35,36)24(37,38)25(39,40)26(41,42)43)11-12-50-18(48)13-14-7-9-15(10-8-14)44-16(46)5-3-1-2-4-6-17(47)45-49/h7-10,49H,1-6,11-13H2,(H,44,46)(H,45,47). The molecule has 0 saturated heterocycles. The largest absolute Gasteiger partial charge is 0.465 e. The van der Waals surface area contributed by atoms with E-state index in [1.54, 1.807) is 0 Å². The van der Waals surface area contributed by atoms with Crippen molar-refractivity contribution in [3.8, 4) is 0 Å². The number of halogens is 17. The van der Waals surface area contributed by atoms with Gasteiger partial charge in [0.25, 0.3) is 0 Å². The van der Waals surface area contributed by atoms with Crippen molar-refractivity contribution in [2.24, 2.45) is 0 Å². The van der Waals surface area contributed by atoms with Gasteiger partial charge in [-0.2, -0.15) is 74.6 Å². The number of hydroxylamine groups is 1. The molecule has 0 aliphatic rings. The van der Waals surface area contributed by atoms with Gasteiger partial charge in [0.05, 0.1) is 19.4 Å². The lowest BCUT2D eigenvalue weighted by Crippen LogP contribution is -2.74. The fourth-order valence-electron chi connectivity index (χ4n) is 3.77. The van der Waals surface area contributed by atoms with Crippen molar-refractivity contribution in [2.45, 2.75) is 99.0 Å². The molecule has 288 valence electrons. The van der Waals surface area contributed by atoms with Crippen molar-refractivity contribution in [3.63, 3.8) is 0 Å². The summed E-state index contributed by atoms with van der Waals surface area (Å²) >= 11 is 0. The second-order valence-corrected chi connectivity index (χ2v) is 10.5. The van der Waals surface area contributed by atoms with Crippen LogP contribution in [0.2, 0.25) is 0 Å². The van der Waals surface area contributed by atoms with E-state index in [0.717, 1.165) is 12.1 Å². The Labute approximate surface area is 269 Å². The molecule has 0 atom stereocenters. The summed E-state index contributed by atoms with van der Waals surface area (Å²) in [7, 11) is 0. The van der Waals surface area contributed by atoms with Gasteiger partial charge in [-0.3, -0.25) is 19.6 Å². The quantitative estimate of drug-likeness (QED) is 0.0436. The lowest BCUT2D eigenvalue weighted by Gasteiger charge is -2.42. The number of carbonyl (C=O) groups is 3. The minimum Gasteiger partial charge on any atom is -0.465 e. The van der Waals surface area contributed by atoms with Crippen LogP contribution in [0, 0.1) is 0 Å². The molecular weight excluding hydrogens is 743 g/mol. The number of unbranched alkanes of at least 4 members (excludes halogenated alkanes) is 3. The van der Waals surface area contributed by atoms with Gasteiger partial charge >= 0.3 is 53.6 Å². The lowest BCUT2D eigenvalue weighted by molar-refractivity contribution is -0.461. The molecule has 0 saturated carbocycles. The molecule has 3 N–H and O–H groups in total. The van der Waals surface area contributed by atoms with Crippen LogP contribution in [-0.2, 0) is 25.5 Å². The lowest BCUT2D eigenvalue weighted by atomic mass is 9.88. The second kappa shape index (κ2) is 15.7. The van der Waals surface area contributed by atoms with Crippen LogP contribution in [0.4, 0.5) is 80.3 Å². The van der Waals surface area contributed by atoms with E-state index in [0.29, 0.717) is 25.7 Å². The average Bonchev–Trinajstić information content (AvgIpc) is 2.98. The first-order valence-electron chi connectivity index (χ1n) is 13.6. The molecule has 0 heterocycles. The fourth-order valence-corrected chi connectivity index (χ4v) is 3.77. The van der Waals surface area contributed by atoms with Gasteiger partial charge < -0.3 is 10.1 Å². The van der Waals surface area contributed by atoms with Gasteiger partial charge in [-0.25, -0.2) is 5.48 Å². The Morgan fingerprint density at radius 3 is 1.44 bits per heavy atom. The smallest absolute Gasteiger partial charge is 0.460 e. The van der Waals surface area contributed by atoms with Crippen LogP contribution in [0.1, 0.15) is 50.5 Å². The first-order valence-corrected chi connectivity index (χ1v) is 13.6.